The summed E-state index contributed by atoms with van der Waals surface area (Å²) in [5.41, 5.74) is 1.27. The van der Waals surface area contributed by atoms with Crippen LogP contribution in [0.25, 0.3) is 0 Å². The fourth-order valence-corrected chi connectivity index (χ4v) is 4.67. The van der Waals surface area contributed by atoms with Crippen LogP contribution in [-0.2, 0) is 16.6 Å². The zero-order valence-electron chi connectivity index (χ0n) is 13.2. The first-order valence-corrected chi connectivity index (χ1v) is 9.93. The van der Waals surface area contributed by atoms with Gasteiger partial charge in [0.25, 0.3) is 0 Å². The Hall–Kier alpha value is -0.980. The van der Waals surface area contributed by atoms with E-state index < -0.39 is 10.0 Å². The van der Waals surface area contributed by atoms with Crippen molar-refractivity contribution < 1.29 is 8.42 Å². The van der Waals surface area contributed by atoms with Gasteiger partial charge in [0, 0.05) is 32.0 Å². The van der Waals surface area contributed by atoms with E-state index in [1.165, 1.54) is 24.7 Å². The molecule has 2 fully saturated rings. The molecule has 0 aromatic carbocycles. The van der Waals surface area contributed by atoms with Crippen LogP contribution < -0.4 is 0 Å². The molecular formula is C16H25N3O2S. The van der Waals surface area contributed by atoms with Gasteiger partial charge in [-0.15, -0.1) is 0 Å². The highest BCUT2D eigenvalue weighted by atomic mass is 32.2. The lowest BCUT2D eigenvalue weighted by molar-refractivity contribution is 0.145. The van der Waals surface area contributed by atoms with E-state index in [1.54, 1.807) is 4.31 Å². The molecule has 5 nitrogen and oxygen atoms in total. The van der Waals surface area contributed by atoms with Gasteiger partial charge in [0.1, 0.15) is 0 Å². The van der Waals surface area contributed by atoms with Crippen molar-refractivity contribution in [3.63, 3.8) is 0 Å². The molecule has 1 aromatic heterocycles. The summed E-state index contributed by atoms with van der Waals surface area (Å²) in [4.78, 5) is 6.65. The van der Waals surface area contributed by atoms with E-state index in [1.807, 2.05) is 18.5 Å². The molecule has 0 bridgehead atoms. The Labute approximate surface area is 133 Å². The van der Waals surface area contributed by atoms with Crippen LogP contribution in [0.5, 0.6) is 0 Å². The van der Waals surface area contributed by atoms with E-state index in [9.17, 15) is 8.42 Å². The Kier molecular flexibility index (Phi) is 4.80. The van der Waals surface area contributed by atoms with Gasteiger partial charge < -0.3 is 0 Å². The minimum Gasteiger partial charge on any atom is -0.299 e. The Morgan fingerprint density at radius 1 is 1.18 bits per heavy atom. The number of likely N-dealkylation sites (tertiary alicyclic amines) is 1. The highest BCUT2D eigenvalue weighted by Gasteiger charge is 2.34. The molecule has 0 amide bonds. The Morgan fingerprint density at radius 2 is 1.91 bits per heavy atom. The smallest absolute Gasteiger partial charge is 0.211 e. The van der Waals surface area contributed by atoms with Gasteiger partial charge in [0.15, 0.2) is 0 Å². The van der Waals surface area contributed by atoms with Gasteiger partial charge in [0.05, 0.1) is 6.26 Å². The molecular weight excluding hydrogens is 298 g/mol. The molecule has 0 saturated carbocycles. The normalized spacial score (nSPS) is 25.6. The molecule has 22 heavy (non-hydrogen) atoms. The molecule has 6 heteroatoms. The maximum absolute atomic E-state index is 11.6. The van der Waals surface area contributed by atoms with Crippen molar-refractivity contribution in [2.45, 2.75) is 25.8 Å². The summed E-state index contributed by atoms with van der Waals surface area (Å²) in [5.74, 6) is 1.23. The van der Waals surface area contributed by atoms with Gasteiger partial charge in [-0.05, 0) is 55.8 Å². The van der Waals surface area contributed by atoms with Crippen LogP contribution in [0.4, 0.5) is 0 Å². The molecule has 2 aliphatic rings. The third-order valence-electron chi connectivity index (χ3n) is 5.08. The predicted molar refractivity (Wildman–Crippen MR) is 86.8 cm³/mol. The van der Waals surface area contributed by atoms with Gasteiger partial charge in [0.2, 0.25) is 10.0 Å². The molecule has 0 spiro atoms. The second kappa shape index (κ2) is 6.64. The molecule has 2 aliphatic heterocycles. The fourth-order valence-electron chi connectivity index (χ4n) is 3.77. The average molecular weight is 323 g/mol. The maximum atomic E-state index is 11.6. The van der Waals surface area contributed by atoms with Crippen LogP contribution >= 0.6 is 0 Å². The number of aromatic nitrogens is 1. The topological polar surface area (TPSA) is 53.5 Å². The van der Waals surface area contributed by atoms with Crippen molar-refractivity contribution in [1.82, 2.24) is 14.2 Å². The molecule has 2 saturated heterocycles. The van der Waals surface area contributed by atoms with Crippen LogP contribution in [0.2, 0.25) is 0 Å². The number of piperidine rings is 1. The van der Waals surface area contributed by atoms with Gasteiger partial charge in [-0.2, -0.15) is 0 Å². The van der Waals surface area contributed by atoms with Gasteiger partial charge in [-0.1, -0.05) is 6.07 Å². The number of rotatable bonds is 4. The summed E-state index contributed by atoms with van der Waals surface area (Å²) < 4.78 is 24.9. The number of nitrogens with zero attached hydrogens (tertiary/aromatic N) is 3. The molecule has 3 rings (SSSR count). The van der Waals surface area contributed by atoms with Gasteiger partial charge in [-0.25, -0.2) is 12.7 Å². The molecule has 0 radical (unpaired) electrons. The van der Waals surface area contributed by atoms with Crippen LogP contribution in [0, 0.1) is 11.8 Å². The van der Waals surface area contributed by atoms with Crippen molar-refractivity contribution in [1.29, 1.82) is 0 Å². The minimum absolute atomic E-state index is 0.551. The fraction of sp³-hybridized carbons (Fsp3) is 0.688. The van der Waals surface area contributed by atoms with Crippen molar-refractivity contribution in [2.24, 2.45) is 11.8 Å². The van der Waals surface area contributed by atoms with E-state index >= 15 is 0 Å². The minimum atomic E-state index is -3.01. The molecule has 0 N–H and O–H groups in total. The van der Waals surface area contributed by atoms with Crippen molar-refractivity contribution in [3.05, 3.63) is 30.1 Å². The van der Waals surface area contributed by atoms with Crippen LogP contribution in [0.1, 0.15) is 24.8 Å². The summed E-state index contributed by atoms with van der Waals surface area (Å²) >= 11 is 0. The lowest BCUT2D eigenvalue weighted by atomic mass is 9.84. The third-order valence-corrected chi connectivity index (χ3v) is 6.35. The van der Waals surface area contributed by atoms with E-state index in [0.717, 1.165) is 32.6 Å². The van der Waals surface area contributed by atoms with Crippen molar-refractivity contribution in [2.75, 3.05) is 32.4 Å². The van der Waals surface area contributed by atoms with Crippen LogP contribution in [-0.4, -0.2) is 55.0 Å². The lowest BCUT2D eigenvalue weighted by Crippen LogP contribution is -2.36. The largest absolute Gasteiger partial charge is 0.299 e. The van der Waals surface area contributed by atoms with Gasteiger partial charge in [-0.3, -0.25) is 9.88 Å². The van der Waals surface area contributed by atoms with E-state index in [-0.39, 0.29) is 0 Å². The molecule has 0 unspecified atom stereocenters. The summed E-state index contributed by atoms with van der Waals surface area (Å²) in [5, 5.41) is 0. The number of hydrogen-bond donors (Lipinski definition) is 0. The molecule has 0 aliphatic carbocycles. The van der Waals surface area contributed by atoms with Gasteiger partial charge >= 0.3 is 0 Å². The standard InChI is InChI=1S/C16H25N3O2S/c1-22(20,21)19-10-6-16(13-19)15-4-8-18(9-5-15)12-14-3-2-7-17-11-14/h2-3,7,11,15-16H,4-6,8-10,12-13H2,1H3/t16-/m1/s1. The summed E-state index contributed by atoms with van der Waals surface area (Å²) in [7, 11) is -3.01. The molecule has 3 heterocycles. The second-order valence-electron chi connectivity index (χ2n) is 6.64. The summed E-state index contributed by atoms with van der Waals surface area (Å²) in [6.45, 7) is 4.62. The van der Waals surface area contributed by atoms with E-state index in [0.29, 0.717) is 18.4 Å². The number of sulfonamides is 1. The van der Waals surface area contributed by atoms with E-state index in [2.05, 4.69) is 16.0 Å². The first-order chi connectivity index (χ1) is 10.5. The van der Waals surface area contributed by atoms with Crippen molar-refractivity contribution >= 4 is 10.0 Å². The predicted octanol–water partition coefficient (Wildman–Crippen LogP) is 1.58. The maximum Gasteiger partial charge on any atom is 0.211 e. The zero-order chi connectivity index (χ0) is 15.6. The first kappa shape index (κ1) is 15.9. The first-order valence-electron chi connectivity index (χ1n) is 8.09. The zero-order valence-corrected chi connectivity index (χ0v) is 14.0. The second-order valence-corrected chi connectivity index (χ2v) is 8.63. The SMILES string of the molecule is CS(=O)(=O)N1CC[C@@H](C2CCN(Cc3cccnc3)CC2)C1. The van der Waals surface area contributed by atoms with Crippen LogP contribution in [0.3, 0.4) is 0 Å². The third kappa shape index (κ3) is 3.86. The quantitative estimate of drug-likeness (QED) is 0.844. The van der Waals surface area contributed by atoms with Crippen molar-refractivity contribution in [3.8, 4) is 0 Å². The lowest BCUT2D eigenvalue weighted by Gasteiger charge is -2.34. The summed E-state index contributed by atoms with van der Waals surface area (Å²) in [6, 6.07) is 4.11. The Balaban J connectivity index is 1.48. The number of pyridine rings is 1. The number of hydrogen-bond acceptors (Lipinski definition) is 4. The monoisotopic (exact) mass is 323 g/mol. The molecule has 122 valence electrons. The molecule has 1 aromatic rings. The Bertz CT molecular complexity index is 583. The highest BCUT2D eigenvalue weighted by molar-refractivity contribution is 7.88. The molecule has 1 atom stereocenters. The Morgan fingerprint density at radius 3 is 2.50 bits per heavy atom. The van der Waals surface area contributed by atoms with E-state index in [4.69, 9.17) is 0 Å². The summed E-state index contributed by atoms with van der Waals surface area (Å²) in [6.07, 6.45) is 8.47. The van der Waals surface area contributed by atoms with Crippen LogP contribution in [0.15, 0.2) is 24.5 Å². The highest BCUT2D eigenvalue weighted by Crippen LogP contribution is 2.32. The average Bonchev–Trinajstić information content (AvgIpc) is 2.99.